The first kappa shape index (κ1) is 16.1. The molecule has 1 aliphatic carbocycles. The van der Waals surface area contributed by atoms with Crippen LogP contribution < -0.4 is 15.4 Å². The second-order valence-corrected chi connectivity index (χ2v) is 6.34. The maximum Gasteiger partial charge on any atom is 0.317 e. The van der Waals surface area contributed by atoms with Crippen molar-refractivity contribution in [2.24, 2.45) is 5.92 Å². The first-order chi connectivity index (χ1) is 11.1. The van der Waals surface area contributed by atoms with Gasteiger partial charge >= 0.3 is 6.03 Å². The average Bonchev–Trinajstić information content (AvgIpc) is 3.28. The number of carbonyl (C=O) groups excluding carboxylic acids is 1. The minimum Gasteiger partial charge on any atom is -0.490 e. The van der Waals surface area contributed by atoms with Gasteiger partial charge in [-0.3, -0.25) is 0 Å². The Morgan fingerprint density at radius 2 is 2.30 bits per heavy atom. The molecule has 0 radical (unpaired) electrons. The second-order valence-electron chi connectivity index (χ2n) is 6.34. The molecule has 2 aliphatic rings. The van der Waals surface area contributed by atoms with Gasteiger partial charge in [0.15, 0.2) is 11.6 Å². The van der Waals surface area contributed by atoms with Gasteiger partial charge in [0, 0.05) is 32.2 Å². The summed E-state index contributed by atoms with van der Waals surface area (Å²) in [6.45, 7) is 5.39. The van der Waals surface area contributed by atoms with Gasteiger partial charge in [-0.05, 0) is 43.4 Å². The van der Waals surface area contributed by atoms with Crippen molar-refractivity contribution in [1.29, 1.82) is 0 Å². The number of hydrogen-bond donors (Lipinski definition) is 2. The zero-order valence-electron chi connectivity index (χ0n) is 13.5. The van der Waals surface area contributed by atoms with Crippen molar-refractivity contribution in [2.75, 3.05) is 32.8 Å². The Morgan fingerprint density at radius 1 is 1.48 bits per heavy atom. The summed E-state index contributed by atoms with van der Waals surface area (Å²) in [6, 6.07) is 5.14. The summed E-state index contributed by atoms with van der Waals surface area (Å²) in [5.74, 6) is 0.634. The number of rotatable bonds is 8. The van der Waals surface area contributed by atoms with Gasteiger partial charge in [-0.25, -0.2) is 9.18 Å². The molecule has 1 saturated heterocycles. The molecule has 5 nitrogen and oxygen atoms in total. The van der Waals surface area contributed by atoms with E-state index in [1.807, 2.05) is 13.0 Å². The molecule has 1 atom stereocenters. The molecule has 1 aliphatic heterocycles. The predicted molar refractivity (Wildman–Crippen MR) is 86.0 cm³/mol. The summed E-state index contributed by atoms with van der Waals surface area (Å²) in [5, 5.41) is 6.10. The number of halogens is 1. The lowest BCUT2D eigenvalue weighted by Gasteiger charge is -2.18. The van der Waals surface area contributed by atoms with Gasteiger partial charge in [-0.15, -0.1) is 0 Å². The number of benzene rings is 1. The Kier molecular flexibility index (Phi) is 5.00. The van der Waals surface area contributed by atoms with Crippen LogP contribution in [-0.4, -0.2) is 43.7 Å². The van der Waals surface area contributed by atoms with E-state index in [1.165, 1.54) is 18.9 Å². The lowest BCUT2D eigenvalue weighted by molar-refractivity contribution is 0.217. The van der Waals surface area contributed by atoms with E-state index in [1.54, 1.807) is 11.0 Å². The van der Waals surface area contributed by atoms with Crippen LogP contribution in [0.2, 0.25) is 0 Å². The highest BCUT2D eigenvalue weighted by Gasteiger charge is 2.22. The average molecular weight is 321 g/mol. The highest BCUT2D eigenvalue weighted by atomic mass is 19.1. The van der Waals surface area contributed by atoms with Crippen LogP contribution >= 0.6 is 0 Å². The van der Waals surface area contributed by atoms with E-state index in [0.29, 0.717) is 37.9 Å². The summed E-state index contributed by atoms with van der Waals surface area (Å²) in [5.41, 5.74) is 0.882. The molecular weight excluding hydrogens is 297 g/mol. The summed E-state index contributed by atoms with van der Waals surface area (Å²) in [4.78, 5) is 13.2. The van der Waals surface area contributed by atoms with Crippen molar-refractivity contribution in [1.82, 2.24) is 15.5 Å². The topological polar surface area (TPSA) is 53.6 Å². The molecule has 6 heteroatoms. The van der Waals surface area contributed by atoms with E-state index in [2.05, 4.69) is 10.6 Å². The molecule has 1 aromatic rings. The van der Waals surface area contributed by atoms with Crippen LogP contribution in [-0.2, 0) is 0 Å². The van der Waals surface area contributed by atoms with E-state index in [0.717, 1.165) is 12.1 Å². The number of amides is 2. The molecule has 2 amide bonds. The van der Waals surface area contributed by atoms with Crippen LogP contribution in [0.4, 0.5) is 9.18 Å². The SMILES string of the molecule is CC(NCCN1CCNC1=O)c1ccc(OCC2CC2)c(F)c1. The zero-order chi connectivity index (χ0) is 16.2. The molecule has 0 bridgehead atoms. The van der Waals surface area contributed by atoms with E-state index < -0.39 is 0 Å². The summed E-state index contributed by atoms with van der Waals surface area (Å²) in [7, 11) is 0. The Hall–Kier alpha value is -1.82. The molecular formula is C17H24FN3O2. The lowest BCUT2D eigenvalue weighted by atomic mass is 10.1. The molecule has 2 N–H and O–H groups in total. The van der Waals surface area contributed by atoms with Crippen LogP contribution in [0.5, 0.6) is 5.75 Å². The highest BCUT2D eigenvalue weighted by molar-refractivity contribution is 5.76. The first-order valence-electron chi connectivity index (χ1n) is 8.32. The van der Waals surface area contributed by atoms with Gasteiger partial charge in [0.1, 0.15) is 0 Å². The number of nitrogens with zero attached hydrogens (tertiary/aromatic N) is 1. The molecule has 126 valence electrons. The minimum atomic E-state index is -0.310. The first-order valence-corrected chi connectivity index (χ1v) is 8.32. The lowest BCUT2D eigenvalue weighted by Crippen LogP contribution is -2.35. The van der Waals surface area contributed by atoms with Crippen molar-refractivity contribution in [3.05, 3.63) is 29.6 Å². The zero-order valence-corrected chi connectivity index (χ0v) is 13.5. The fraction of sp³-hybridized carbons (Fsp3) is 0.588. The standard InChI is InChI=1S/C17H24FN3O2/c1-12(19-6-8-21-9-7-20-17(21)22)14-4-5-16(15(18)10-14)23-11-13-2-3-13/h4-5,10,12-13,19H,2-3,6-9,11H2,1H3,(H,20,22). The third-order valence-electron chi connectivity index (χ3n) is 4.40. The monoisotopic (exact) mass is 321 g/mol. The van der Waals surface area contributed by atoms with E-state index in [9.17, 15) is 9.18 Å². The van der Waals surface area contributed by atoms with E-state index >= 15 is 0 Å². The van der Waals surface area contributed by atoms with Crippen molar-refractivity contribution >= 4 is 6.03 Å². The fourth-order valence-electron chi connectivity index (χ4n) is 2.65. The molecule has 23 heavy (non-hydrogen) atoms. The van der Waals surface area contributed by atoms with Gasteiger partial charge in [-0.2, -0.15) is 0 Å². The van der Waals surface area contributed by atoms with Gasteiger partial charge in [0.25, 0.3) is 0 Å². The Bertz CT molecular complexity index is 563. The van der Waals surface area contributed by atoms with Crippen LogP contribution in [0.15, 0.2) is 18.2 Å². The molecule has 3 rings (SSSR count). The third kappa shape index (κ3) is 4.34. The van der Waals surface area contributed by atoms with Crippen molar-refractivity contribution in [3.63, 3.8) is 0 Å². The second kappa shape index (κ2) is 7.17. The molecule has 0 spiro atoms. The molecule has 1 heterocycles. The highest BCUT2D eigenvalue weighted by Crippen LogP contribution is 2.30. The quantitative estimate of drug-likeness (QED) is 0.772. The van der Waals surface area contributed by atoms with Crippen molar-refractivity contribution in [3.8, 4) is 5.75 Å². The summed E-state index contributed by atoms with van der Waals surface area (Å²) in [6.07, 6.45) is 2.38. The van der Waals surface area contributed by atoms with E-state index in [-0.39, 0.29) is 17.9 Å². The van der Waals surface area contributed by atoms with Gasteiger partial charge in [0.05, 0.1) is 6.61 Å². The smallest absolute Gasteiger partial charge is 0.317 e. The third-order valence-corrected chi connectivity index (χ3v) is 4.40. The normalized spacial score (nSPS) is 18.9. The maximum atomic E-state index is 14.1. The van der Waals surface area contributed by atoms with Crippen LogP contribution in [0.1, 0.15) is 31.4 Å². The molecule has 1 aromatic carbocycles. The van der Waals surface area contributed by atoms with Gasteiger partial charge < -0.3 is 20.3 Å². The largest absolute Gasteiger partial charge is 0.490 e. The van der Waals surface area contributed by atoms with Crippen molar-refractivity contribution in [2.45, 2.75) is 25.8 Å². The molecule has 1 unspecified atom stereocenters. The molecule has 1 saturated carbocycles. The summed E-state index contributed by atoms with van der Waals surface area (Å²) >= 11 is 0. The number of ether oxygens (including phenoxy) is 1. The van der Waals surface area contributed by atoms with Gasteiger partial charge in [-0.1, -0.05) is 6.07 Å². The predicted octanol–water partition coefficient (Wildman–Crippen LogP) is 2.29. The van der Waals surface area contributed by atoms with E-state index in [4.69, 9.17) is 4.74 Å². The fourth-order valence-corrected chi connectivity index (χ4v) is 2.65. The number of hydrogen-bond acceptors (Lipinski definition) is 3. The number of urea groups is 1. The number of nitrogens with one attached hydrogen (secondary N) is 2. The Labute approximate surface area is 136 Å². The minimum absolute atomic E-state index is 0.0114. The van der Waals surface area contributed by atoms with Crippen LogP contribution in [0.25, 0.3) is 0 Å². The van der Waals surface area contributed by atoms with Gasteiger partial charge in [0.2, 0.25) is 0 Å². The Morgan fingerprint density at radius 3 is 2.96 bits per heavy atom. The van der Waals surface area contributed by atoms with Crippen LogP contribution in [0, 0.1) is 11.7 Å². The molecule has 0 aromatic heterocycles. The molecule has 2 fully saturated rings. The van der Waals surface area contributed by atoms with Crippen molar-refractivity contribution < 1.29 is 13.9 Å². The maximum absolute atomic E-state index is 14.1. The van der Waals surface area contributed by atoms with Crippen LogP contribution in [0.3, 0.4) is 0 Å². The number of carbonyl (C=O) groups is 1. The summed E-state index contributed by atoms with van der Waals surface area (Å²) < 4.78 is 19.6. The Balaban J connectivity index is 1.47.